The summed E-state index contributed by atoms with van der Waals surface area (Å²) >= 11 is 0. The van der Waals surface area contributed by atoms with Gasteiger partial charge in [0.25, 0.3) is 0 Å². The average molecular weight is 279 g/mol. The number of nitrogens with zero attached hydrogens (tertiary/aromatic N) is 1. The molecule has 0 bridgehead atoms. The summed E-state index contributed by atoms with van der Waals surface area (Å²) in [7, 11) is 0. The average Bonchev–Trinajstić information content (AvgIpc) is 3.12. The van der Waals surface area contributed by atoms with E-state index in [0.717, 1.165) is 19.3 Å². The molecule has 21 heavy (non-hydrogen) atoms. The molecule has 2 unspecified atom stereocenters. The minimum atomic E-state index is 0.0821. The number of amides is 1. The first-order valence-electron chi connectivity index (χ1n) is 7.30. The lowest BCUT2D eigenvalue weighted by Gasteiger charge is -2.11. The molecule has 3 N–H and O–H groups in total. The van der Waals surface area contributed by atoms with Crippen LogP contribution in [0.5, 0.6) is 0 Å². The molecule has 0 saturated heterocycles. The Morgan fingerprint density at radius 2 is 2.14 bits per heavy atom. The van der Waals surface area contributed by atoms with Crippen molar-refractivity contribution < 1.29 is 4.79 Å². The number of anilines is 2. The molecular formula is C17H17N3O. The van der Waals surface area contributed by atoms with Crippen molar-refractivity contribution in [2.24, 2.45) is 5.92 Å². The Bertz CT molecular complexity index is 710. The topological polar surface area (TPSA) is 68.0 Å². The molecule has 4 rings (SSSR count). The predicted octanol–water partition coefficient (Wildman–Crippen LogP) is 2.51. The molecule has 1 amide bonds. The highest BCUT2D eigenvalue weighted by Gasteiger charge is 2.61. The Hall–Kier alpha value is -2.36. The summed E-state index contributed by atoms with van der Waals surface area (Å²) in [5.74, 6) is 0.637. The number of benzene rings is 1. The summed E-state index contributed by atoms with van der Waals surface area (Å²) in [4.78, 5) is 16.5. The lowest BCUT2D eigenvalue weighted by Crippen LogP contribution is -2.19. The van der Waals surface area contributed by atoms with Crippen LogP contribution in [-0.2, 0) is 16.6 Å². The number of hydrogen-bond donors (Lipinski definition) is 2. The highest BCUT2D eigenvalue weighted by Crippen LogP contribution is 2.61. The summed E-state index contributed by atoms with van der Waals surface area (Å²) in [6.07, 6.45) is 4.73. The molecule has 4 heteroatoms. The molecule has 2 atom stereocenters. The highest BCUT2D eigenvalue weighted by atomic mass is 16.2. The van der Waals surface area contributed by atoms with Crippen LogP contribution in [0.1, 0.15) is 24.0 Å². The molecular weight excluding hydrogens is 262 g/mol. The van der Waals surface area contributed by atoms with Crippen molar-refractivity contribution in [1.82, 2.24) is 4.98 Å². The Morgan fingerprint density at radius 1 is 1.29 bits per heavy atom. The Balaban J connectivity index is 1.52. The zero-order valence-electron chi connectivity index (χ0n) is 11.7. The van der Waals surface area contributed by atoms with Crippen LogP contribution >= 0.6 is 0 Å². The number of carbonyl (C=O) groups is 1. The Kier molecular flexibility index (Phi) is 2.55. The third kappa shape index (κ3) is 1.90. The third-order valence-electron chi connectivity index (χ3n) is 4.84. The number of carbonyl (C=O) groups excluding carboxylic acids is 1. The van der Waals surface area contributed by atoms with Gasteiger partial charge in [0.05, 0.1) is 11.9 Å². The van der Waals surface area contributed by atoms with Crippen LogP contribution in [0.15, 0.2) is 42.6 Å². The van der Waals surface area contributed by atoms with Crippen LogP contribution in [0.25, 0.3) is 0 Å². The van der Waals surface area contributed by atoms with E-state index in [1.807, 2.05) is 0 Å². The van der Waals surface area contributed by atoms with Gasteiger partial charge >= 0.3 is 0 Å². The maximum atomic E-state index is 12.5. The van der Waals surface area contributed by atoms with E-state index in [-0.39, 0.29) is 17.2 Å². The van der Waals surface area contributed by atoms with Crippen molar-refractivity contribution in [2.45, 2.75) is 24.7 Å². The number of nitrogens with one attached hydrogen (secondary N) is 1. The number of pyridine rings is 1. The van der Waals surface area contributed by atoms with E-state index < -0.39 is 0 Å². The van der Waals surface area contributed by atoms with E-state index in [1.54, 1.807) is 18.3 Å². The van der Waals surface area contributed by atoms with Crippen LogP contribution in [0, 0.1) is 5.92 Å². The number of nitrogens with two attached hydrogens (primary N) is 1. The standard InChI is InChI=1S/C17H17N3O/c18-15-6-5-12(10-19-15)20-16(21)14-9-17(14)8-7-11-3-1-2-4-13(11)17/h1-6,10,14H,7-9H2,(H2,18,19)(H,20,21). The van der Waals surface area contributed by atoms with Crippen molar-refractivity contribution in [2.75, 3.05) is 11.1 Å². The van der Waals surface area contributed by atoms with Crippen LogP contribution in [0.3, 0.4) is 0 Å². The number of rotatable bonds is 2. The fourth-order valence-corrected chi connectivity index (χ4v) is 3.65. The summed E-state index contributed by atoms with van der Waals surface area (Å²) in [6.45, 7) is 0. The fraction of sp³-hybridized carbons (Fsp3) is 0.294. The van der Waals surface area contributed by atoms with Gasteiger partial charge in [0.15, 0.2) is 0 Å². The number of nitrogen functional groups attached to an aromatic ring is 1. The molecule has 4 nitrogen and oxygen atoms in total. The number of aryl methyl sites for hydroxylation is 1. The molecule has 0 radical (unpaired) electrons. The third-order valence-corrected chi connectivity index (χ3v) is 4.84. The molecule has 2 aromatic rings. The molecule has 1 spiro atoms. The van der Waals surface area contributed by atoms with E-state index in [9.17, 15) is 4.79 Å². The molecule has 2 aliphatic rings. The second-order valence-corrected chi connectivity index (χ2v) is 6.03. The van der Waals surface area contributed by atoms with Gasteiger partial charge in [-0.2, -0.15) is 0 Å². The predicted molar refractivity (Wildman–Crippen MR) is 81.8 cm³/mol. The van der Waals surface area contributed by atoms with Gasteiger partial charge in [-0.3, -0.25) is 4.79 Å². The van der Waals surface area contributed by atoms with Gasteiger partial charge in [-0.05, 0) is 42.5 Å². The van der Waals surface area contributed by atoms with E-state index >= 15 is 0 Å². The van der Waals surface area contributed by atoms with E-state index in [0.29, 0.717) is 11.5 Å². The quantitative estimate of drug-likeness (QED) is 0.887. The van der Waals surface area contributed by atoms with Gasteiger partial charge in [0, 0.05) is 11.3 Å². The molecule has 1 aromatic carbocycles. The first kappa shape index (κ1) is 12.4. The zero-order chi connectivity index (χ0) is 14.4. The monoisotopic (exact) mass is 279 g/mol. The number of hydrogen-bond acceptors (Lipinski definition) is 3. The molecule has 1 saturated carbocycles. The van der Waals surface area contributed by atoms with Crippen LogP contribution < -0.4 is 11.1 Å². The normalized spacial score (nSPS) is 25.6. The summed E-state index contributed by atoms with van der Waals surface area (Å²) in [6, 6.07) is 12.0. The number of fused-ring (bicyclic) bond motifs is 2. The molecule has 1 aromatic heterocycles. The lowest BCUT2D eigenvalue weighted by molar-refractivity contribution is -0.117. The molecule has 1 fully saturated rings. The second-order valence-electron chi connectivity index (χ2n) is 6.03. The lowest BCUT2D eigenvalue weighted by atomic mass is 9.95. The van der Waals surface area contributed by atoms with Crippen LogP contribution in [0.2, 0.25) is 0 Å². The number of aromatic nitrogens is 1. The SMILES string of the molecule is Nc1ccc(NC(=O)C2CC23CCc2ccccc23)cn1. The van der Waals surface area contributed by atoms with E-state index in [2.05, 4.69) is 34.6 Å². The van der Waals surface area contributed by atoms with Gasteiger partial charge in [-0.25, -0.2) is 4.98 Å². The fourth-order valence-electron chi connectivity index (χ4n) is 3.65. The maximum Gasteiger partial charge on any atom is 0.228 e. The smallest absolute Gasteiger partial charge is 0.228 e. The largest absolute Gasteiger partial charge is 0.384 e. The Morgan fingerprint density at radius 3 is 2.95 bits per heavy atom. The molecule has 0 aliphatic heterocycles. The summed E-state index contributed by atoms with van der Waals surface area (Å²) in [5.41, 5.74) is 9.13. The van der Waals surface area contributed by atoms with Gasteiger partial charge in [-0.1, -0.05) is 24.3 Å². The van der Waals surface area contributed by atoms with Crippen molar-refractivity contribution in [3.8, 4) is 0 Å². The van der Waals surface area contributed by atoms with Gasteiger partial charge in [0.2, 0.25) is 5.91 Å². The molecule has 1 heterocycles. The maximum absolute atomic E-state index is 12.5. The summed E-state index contributed by atoms with van der Waals surface area (Å²) < 4.78 is 0. The zero-order valence-corrected chi connectivity index (χ0v) is 11.7. The van der Waals surface area contributed by atoms with Crippen molar-refractivity contribution >= 4 is 17.4 Å². The van der Waals surface area contributed by atoms with E-state index in [4.69, 9.17) is 5.73 Å². The highest BCUT2D eigenvalue weighted by molar-refractivity contribution is 5.96. The van der Waals surface area contributed by atoms with Crippen LogP contribution in [0.4, 0.5) is 11.5 Å². The van der Waals surface area contributed by atoms with Gasteiger partial charge in [0.1, 0.15) is 5.82 Å². The Labute approximate surface area is 123 Å². The first-order valence-corrected chi connectivity index (χ1v) is 7.30. The van der Waals surface area contributed by atoms with Crippen LogP contribution in [-0.4, -0.2) is 10.9 Å². The first-order chi connectivity index (χ1) is 10.2. The van der Waals surface area contributed by atoms with Gasteiger partial charge in [-0.15, -0.1) is 0 Å². The minimum absolute atomic E-state index is 0.0821. The van der Waals surface area contributed by atoms with E-state index in [1.165, 1.54) is 11.1 Å². The van der Waals surface area contributed by atoms with Crippen molar-refractivity contribution in [3.05, 3.63) is 53.7 Å². The molecule has 2 aliphatic carbocycles. The van der Waals surface area contributed by atoms with Crippen molar-refractivity contribution in [3.63, 3.8) is 0 Å². The minimum Gasteiger partial charge on any atom is -0.384 e. The van der Waals surface area contributed by atoms with Crippen molar-refractivity contribution in [1.29, 1.82) is 0 Å². The van der Waals surface area contributed by atoms with Gasteiger partial charge < -0.3 is 11.1 Å². The molecule has 106 valence electrons. The summed E-state index contributed by atoms with van der Waals surface area (Å²) in [5, 5.41) is 2.96. The second kappa shape index (κ2) is 4.32.